The van der Waals surface area contributed by atoms with Crippen LogP contribution < -0.4 is 5.32 Å². The van der Waals surface area contributed by atoms with Crippen LogP contribution in [0.3, 0.4) is 0 Å². The molecule has 2 heterocycles. The minimum atomic E-state index is -3.20. The van der Waals surface area contributed by atoms with Crippen LogP contribution in [0.5, 0.6) is 0 Å². The Morgan fingerprint density at radius 2 is 2.08 bits per heavy atom. The van der Waals surface area contributed by atoms with Crippen molar-refractivity contribution >= 4 is 33.2 Å². The normalized spacial score (nSPS) is 18.5. The molecule has 140 valence electrons. The first-order valence-electron chi connectivity index (χ1n) is 8.19. The highest BCUT2D eigenvalue weighted by Gasteiger charge is 2.41. The number of urea groups is 1. The summed E-state index contributed by atoms with van der Waals surface area (Å²) in [7, 11) is -3.20. The number of nitrogens with one attached hydrogen (secondary N) is 1. The van der Waals surface area contributed by atoms with E-state index in [1.54, 1.807) is 36.9 Å². The van der Waals surface area contributed by atoms with Crippen LogP contribution in [-0.4, -0.2) is 52.7 Å². The summed E-state index contributed by atoms with van der Waals surface area (Å²) in [5, 5.41) is 7.73. The second-order valence-electron chi connectivity index (χ2n) is 6.97. The summed E-state index contributed by atoms with van der Waals surface area (Å²) >= 11 is 6.02. The molecule has 3 rings (SSSR count). The Morgan fingerprint density at radius 3 is 2.73 bits per heavy atom. The van der Waals surface area contributed by atoms with Gasteiger partial charge in [-0.3, -0.25) is 0 Å². The van der Waals surface area contributed by atoms with Gasteiger partial charge in [-0.05, 0) is 39.0 Å². The third-order valence-corrected chi connectivity index (χ3v) is 7.40. The van der Waals surface area contributed by atoms with Crippen molar-refractivity contribution in [3.8, 4) is 5.69 Å². The number of anilines is 1. The van der Waals surface area contributed by atoms with Gasteiger partial charge in [-0.15, -0.1) is 0 Å². The fourth-order valence-electron chi connectivity index (χ4n) is 2.91. The number of nitrogens with zero attached hydrogens (tertiary/aromatic N) is 3. The lowest BCUT2D eigenvalue weighted by molar-refractivity contribution is 0.206. The van der Waals surface area contributed by atoms with Gasteiger partial charge in [-0.2, -0.15) is 5.10 Å². The summed E-state index contributed by atoms with van der Waals surface area (Å²) in [4.78, 5) is 14.1. The molecule has 1 saturated heterocycles. The molecule has 2 amide bonds. The molecular weight excluding hydrogens is 376 g/mol. The van der Waals surface area contributed by atoms with Crippen LogP contribution in [-0.2, 0) is 9.84 Å². The third kappa shape index (κ3) is 3.43. The van der Waals surface area contributed by atoms with Gasteiger partial charge in [-0.25, -0.2) is 17.9 Å². The molecule has 0 spiro atoms. The number of hydrogen-bond donors (Lipinski definition) is 1. The smallest absolute Gasteiger partial charge is 0.322 e. The molecule has 26 heavy (non-hydrogen) atoms. The van der Waals surface area contributed by atoms with Gasteiger partial charge in [0.15, 0.2) is 9.84 Å². The first-order valence-corrected chi connectivity index (χ1v) is 10.2. The molecule has 9 heteroatoms. The van der Waals surface area contributed by atoms with Crippen LogP contribution in [0, 0.1) is 6.92 Å². The van der Waals surface area contributed by atoms with Gasteiger partial charge >= 0.3 is 6.03 Å². The van der Waals surface area contributed by atoms with Crippen LogP contribution in [0.25, 0.3) is 5.69 Å². The summed E-state index contributed by atoms with van der Waals surface area (Å²) in [6.45, 7) is 5.46. The Morgan fingerprint density at radius 1 is 1.35 bits per heavy atom. The first-order chi connectivity index (χ1) is 12.1. The molecule has 7 nitrogen and oxygen atoms in total. The molecule has 0 radical (unpaired) electrons. The fraction of sp³-hybridized carbons (Fsp3) is 0.412. The van der Waals surface area contributed by atoms with Gasteiger partial charge in [-0.1, -0.05) is 17.7 Å². The van der Waals surface area contributed by atoms with Crippen molar-refractivity contribution in [3.05, 3.63) is 41.2 Å². The van der Waals surface area contributed by atoms with Crippen molar-refractivity contribution in [2.24, 2.45) is 0 Å². The predicted molar refractivity (Wildman–Crippen MR) is 102 cm³/mol. The highest BCUT2D eigenvalue weighted by atomic mass is 35.5. The van der Waals surface area contributed by atoms with Crippen LogP contribution in [0.2, 0.25) is 5.02 Å². The van der Waals surface area contributed by atoms with Gasteiger partial charge in [0, 0.05) is 18.1 Å². The number of benzene rings is 1. The zero-order valence-electron chi connectivity index (χ0n) is 14.9. The van der Waals surface area contributed by atoms with E-state index < -0.39 is 14.6 Å². The quantitative estimate of drug-likeness (QED) is 0.845. The van der Waals surface area contributed by atoms with Crippen molar-refractivity contribution in [3.63, 3.8) is 0 Å². The topological polar surface area (TPSA) is 84.3 Å². The van der Waals surface area contributed by atoms with Crippen LogP contribution in [0.15, 0.2) is 30.5 Å². The number of sulfone groups is 1. The van der Waals surface area contributed by atoms with Crippen LogP contribution in [0.1, 0.15) is 19.5 Å². The fourth-order valence-corrected chi connectivity index (χ4v) is 4.46. The SMILES string of the molecule is Cc1c(NC(=O)N2CCS(=O)(=O)C(C)(C)C2)cnn1-c1cccc(Cl)c1. The van der Waals surface area contributed by atoms with Crippen molar-refractivity contribution in [2.45, 2.75) is 25.5 Å². The zero-order valence-corrected chi connectivity index (χ0v) is 16.4. The summed E-state index contributed by atoms with van der Waals surface area (Å²) in [6, 6.07) is 6.92. The lowest BCUT2D eigenvalue weighted by atomic mass is 10.2. The number of halogens is 1. The number of carbonyl (C=O) groups is 1. The van der Waals surface area contributed by atoms with E-state index in [1.165, 1.54) is 4.90 Å². The standard InChI is InChI=1S/C17H21ClN4O3S/c1-12-15(10-19-22(12)14-6-4-5-13(18)9-14)20-16(23)21-7-8-26(24,25)17(2,3)11-21/h4-6,9-10H,7-8,11H2,1-3H3,(H,20,23). The van der Waals surface area contributed by atoms with Gasteiger partial charge in [0.25, 0.3) is 0 Å². The molecular formula is C17H21ClN4O3S. The van der Waals surface area contributed by atoms with E-state index in [0.29, 0.717) is 10.7 Å². The molecule has 1 aromatic carbocycles. The Kier molecular flexibility index (Phi) is 4.74. The maximum absolute atomic E-state index is 12.6. The highest BCUT2D eigenvalue weighted by Crippen LogP contribution is 2.25. The molecule has 0 atom stereocenters. The monoisotopic (exact) mass is 396 g/mol. The van der Waals surface area contributed by atoms with Crippen molar-refractivity contribution < 1.29 is 13.2 Å². The molecule has 0 saturated carbocycles. The Bertz CT molecular complexity index is 953. The lowest BCUT2D eigenvalue weighted by Gasteiger charge is -2.37. The van der Waals surface area contributed by atoms with Crippen molar-refractivity contribution in [1.82, 2.24) is 14.7 Å². The van der Waals surface area contributed by atoms with E-state index >= 15 is 0 Å². The Hall–Kier alpha value is -2.06. The number of rotatable bonds is 2. The third-order valence-electron chi connectivity index (χ3n) is 4.63. The lowest BCUT2D eigenvalue weighted by Crippen LogP contribution is -2.55. The number of hydrogen-bond acceptors (Lipinski definition) is 4. The summed E-state index contributed by atoms with van der Waals surface area (Å²) in [5.74, 6) is -0.0336. The van der Waals surface area contributed by atoms with E-state index in [2.05, 4.69) is 10.4 Å². The first kappa shape index (κ1) is 18.7. The van der Waals surface area contributed by atoms with Crippen molar-refractivity contribution in [2.75, 3.05) is 24.2 Å². The maximum Gasteiger partial charge on any atom is 0.322 e. The van der Waals surface area contributed by atoms with Gasteiger partial charge in [0.2, 0.25) is 0 Å². The Labute approximate surface area is 157 Å². The molecule has 1 N–H and O–H groups in total. The predicted octanol–water partition coefficient (Wildman–Crippen LogP) is 2.88. The van der Waals surface area contributed by atoms with Crippen LogP contribution >= 0.6 is 11.6 Å². The molecule has 0 bridgehead atoms. The molecule has 1 aromatic heterocycles. The highest BCUT2D eigenvalue weighted by molar-refractivity contribution is 7.92. The molecule has 1 aliphatic rings. The molecule has 1 fully saturated rings. The summed E-state index contributed by atoms with van der Waals surface area (Å²) < 4.78 is 24.9. The molecule has 0 aliphatic carbocycles. The molecule has 0 unspecified atom stereocenters. The average Bonchev–Trinajstić information content (AvgIpc) is 2.91. The van der Waals surface area contributed by atoms with Gasteiger partial charge < -0.3 is 10.2 Å². The number of carbonyl (C=O) groups excluding carboxylic acids is 1. The minimum absolute atomic E-state index is 0.0336. The van der Waals surface area contributed by atoms with E-state index in [-0.39, 0.29) is 24.9 Å². The van der Waals surface area contributed by atoms with E-state index in [1.807, 2.05) is 19.1 Å². The number of amides is 2. The van der Waals surface area contributed by atoms with E-state index in [4.69, 9.17) is 11.6 Å². The van der Waals surface area contributed by atoms with E-state index in [9.17, 15) is 13.2 Å². The molecule has 2 aromatic rings. The molecule has 1 aliphatic heterocycles. The summed E-state index contributed by atoms with van der Waals surface area (Å²) in [6.07, 6.45) is 1.57. The maximum atomic E-state index is 12.6. The second-order valence-corrected chi connectivity index (χ2v) is 10.1. The Balaban J connectivity index is 1.77. The minimum Gasteiger partial charge on any atom is -0.322 e. The number of aromatic nitrogens is 2. The summed E-state index contributed by atoms with van der Waals surface area (Å²) in [5.41, 5.74) is 2.12. The van der Waals surface area contributed by atoms with Crippen molar-refractivity contribution in [1.29, 1.82) is 0 Å². The largest absolute Gasteiger partial charge is 0.322 e. The van der Waals surface area contributed by atoms with E-state index in [0.717, 1.165) is 11.4 Å². The van der Waals surface area contributed by atoms with Gasteiger partial charge in [0.05, 0.1) is 33.8 Å². The van der Waals surface area contributed by atoms with Gasteiger partial charge in [0.1, 0.15) is 0 Å². The average molecular weight is 397 g/mol. The zero-order chi connectivity index (χ0) is 19.1. The second kappa shape index (κ2) is 6.59. The van der Waals surface area contributed by atoms with Crippen LogP contribution in [0.4, 0.5) is 10.5 Å².